The van der Waals surface area contributed by atoms with Gasteiger partial charge in [-0.1, -0.05) is 39.3 Å². The normalized spacial score (nSPS) is 19.1. The minimum absolute atomic E-state index is 0.349. The minimum Gasteiger partial charge on any atom is -0.356 e. The van der Waals surface area contributed by atoms with Crippen molar-refractivity contribution < 1.29 is 0 Å². The van der Waals surface area contributed by atoms with Crippen LogP contribution in [0.3, 0.4) is 0 Å². The molecule has 0 aromatic carbocycles. The van der Waals surface area contributed by atoms with Gasteiger partial charge in [0, 0.05) is 18.7 Å². The van der Waals surface area contributed by atoms with Crippen molar-refractivity contribution in [3.63, 3.8) is 0 Å². The van der Waals surface area contributed by atoms with Gasteiger partial charge in [0.1, 0.15) is 17.3 Å². The van der Waals surface area contributed by atoms with Crippen LogP contribution in [-0.4, -0.2) is 23.1 Å². The van der Waals surface area contributed by atoms with E-state index in [-0.39, 0.29) is 0 Å². The van der Waals surface area contributed by atoms with Crippen LogP contribution < -0.4 is 4.90 Å². The van der Waals surface area contributed by atoms with Crippen LogP contribution in [0.15, 0.2) is 6.33 Å². The average molecular weight is 254 g/mol. The molecule has 2 heterocycles. The molecule has 1 saturated heterocycles. The van der Waals surface area contributed by atoms with Crippen LogP contribution in [0.2, 0.25) is 5.15 Å². The second-order valence-electron chi connectivity index (χ2n) is 5.89. The Kier molecular flexibility index (Phi) is 3.30. The molecule has 4 heteroatoms. The van der Waals surface area contributed by atoms with Crippen molar-refractivity contribution >= 4 is 17.4 Å². The Labute approximate surface area is 108 Å². The number of hydrogen-bond donors (Lipinski definition) is 0. The van der Waals surface area contributed by atoms with E-state index in [2.05, 4.69) is 42.6 Å². The lowest BCUT2D eigenvalue weighted by Crippen LogP contribution is -2.25. The van der Waals surface area contributed by atoms with Crippen LogP contribution in [0, 0.1) is 5.41 Å². The molecule has 1 aliphatic rings. The first-order chi connectivity index (χ1) is 7.91. The maximum absolute atomic E-state index is 6.20. The van der Waals surface area contributed by atoms with E-state index in [0.717, 1.165) is 24.5 Å². The molecular weight excluding hydrogens is 234 g/mol. The van der Waals surface area contributed by atoms with Gasteiger partial charge >= 0.3 is 0 Å². The van der Waals surface area contributed by atoms with Gasteiger partial charge in [0.05, 0.1) is 0 Å². The smallest absolute Gasteiger partial charge is 0.138 e. The topological polar surface area (TPSA) is 29.0 Å². The zero-order valence-corrected chi connectivity index (χ0v) is 11.8. The fourth-order valence-corrected chi connectivity index (χ4v) is 2.75. The molecule has 0 aliphatic carbocycles. The van der Waals surface area contributed by atoms with Crippen molar-refractivity contribution in [2.75, 3.05) is 18.0 Å². The SMILES string of the molecule is CC(C)c1c(Cl)ncnc1N1CCC(C)(C)C1. The first-order valence-corrected chi connectivity index (χ1v) is 6.54. The van der Waals surface area contributed by atoms with Crippen LogP contribution in [0.5, 0.6) is 0 Å². The van der Waals surface area contributed by atoms with E-state index in [9.17, 15) is 0 Å². The first kappa shape index (κ1) is 12.6. The number of anilines is 1. The molecule has 94 valence electrons. The van der Waals surface area contributed by atoms with Gasteiger partial charge in [0.25, 0.3) is 0 Å². The third-order valence-corrected chi connectivity index (χ3v) is 3.67. The molecular formula is C13H20ClN3. The molecule has 0 bridgehead atoms. The third-order valence-electron chi connectivity index (χ3n) is 3.37. The summed E-state index contributed by atoms with van der Waals surface area (Å²) in [5, 5.41) is 0.592. The van der Waals surface area contributed by atoms with Gasteiger partial charge in [0.2, 0.25) is 0 Å². The molecule has 1 fully saturated rings. The number of halogens is 1. The molecule has 0 unspecified atom stereocenters. The van der Waals surface area contributed by atoms with Crippen molar-refractivity contribution in [2.24, 2.45) is 5.41 Å². The lowest BCUT2D eigenvalue weighted by atomic mass is 9.93. The largest absolute Gasteiger partial charge is 0.356 e. The van der Waals surface area contributed by atoms with E-state index in [1.165, 1.54) is 6.42 Å². The maximum atomic E-state index is 6.20. The minimum atomic E-state index is 0.349. The number of aromatic nitrogens is 2. The van der Waals surface area contributed by atoms with Gasteiger partial charge < -0.3 is 4.90 Å². The highest BCUT2D eigenvalue weighted by molar-refractivity contribution is 6.30. The predicted octanol–water partition coefficient (Wildman–Crippen LogP) is 3.49. The Morgan fingerprint density at radius 2 is 2.06 bits per heavy atom. The lowest BCUT2D eigenvalue weighted by Gasteiger charge is -2.24. The highest BCUT2D eigenvalue weighted by Crippen LogP contribution is 2.36. The average Bonchev–Trinajstić information content (AvgIpc) is 2.57. The van der Waals surface area contributed by atoms with Gasteiger partial charge in [0.15, 0.2) is 0 Å². The highest BCUT2D eigenvalue weighted by atomic mass is 35.5. The first-order valence-electron chi connectivity index (χ1n) is 6.16. The monoisotopic (exact) mass is 253 g/mol. The summed E-state index contributed by atoms with van der Waals surface area (Å²) >= 11 is 6.20. The van der Waals surface area contributed by atoms with Crippen LogP contribution in [0.4, 0.5) is 5.82 Å². The van der Waals surface area contributed by atoms with E-state index >= 15 is 0 Å². The summed E-state index contributed by atoms with van der Waals surface area (Å²) in [5.74, 6) is 1.37. The van der Waals surface area contributed by atoms with Gasteiger partial charge in [-0.15, -0.1) is 0 Å². The van der Waals surface area contributed by atoms with Crippen LogP contribution in [0.25, 0.3) is 0 Å². The molecule has 0 atom stereocenters. The molecule has 0 radical (unpaired) electrons. The second-order valence-corrected chi connectivity index (χ2v) is 6.25. The van der Waals surface area contributed by atoms with Crippen molar-refractivity contribution in [1.29, 1.82) is 0 Å². The Hall–Kier alpha value is -0.830. The Bertz CT molecular complexity index is 415. The van der Waals surface area contributed by atoms with Gasteiger partial charge in [-0.2, -0.15) is 0 Å². The lowest BCUT2D eigenvalue weighted by molar-refractivity contribution is 0.418. The van der Waals surface area contributed by atoms with Crippen LogP contribution in [-0.2, 0) is 0 Å². The van der Waals surface area contributed by atoms with Gasteiger partial charge in [-0.05, 0) is 17.8 Å². The Balaban J connectivity index is 2.36. The predicted molar refractivity (Wildman–Crippen MR) is 71.7 cm³/mol. The summed E-state index contributed by atoms with van der Waals surface area (Å²) < 4.78 is 0. The highest BCUT2D eigenvalue weighted by Gasteiger charge is 2.31. The molecule has 0 N–H and O–H groups in total. The molecule has 17 heavy (non-hydrogen) atoms. The maximum Gasteiger partial charge on any atom is 0.138 e. The molecule has 1 aromatic rings. The van der Waals surface area contributed by atoms with Crippen molar-refractivity contribution in [3.8, 4) is 0 Å². The van der Waals surface area contributed by atoms with Crippen molar-refractivity contribution in [1.82, 2.24) is 9.97 Å². The summed E-state index contributed by atoms with van der Waals surface area (Å²) in [6, 6.07) is 0. The molecule has 0 saturated carbocycles. The number of rotatable bonds is 2. The van der Waals surface area contributed by atoms with E-state index in [1.807, 2.05) is 0 Å². The molecule has 0 spiro atoms. The van der Waals surface area contributed by atoms with Gasteiger partial charge in [-0.25, -0.2) is 9.97 Å². The molecule has 3 nitrogen and oxygen atoms in total. The number of nitrogens with zero attached hydrogens (tertiary/aromatic N) is 3. The summed E-state index contributed by atoms with van der Waals surface area (Å²) in [6.45, 7) is 11.0. The fraction of sp³-hybridized carbons (Fsp3) is 0.692. The van der Waals surface area contributed by atoms with Crippen molar-refractivity contribution in [2.45, 2.75) is 40.0 Å². The summed E-state index contributed by atoms with van der Waals surface area (Å²) in [4.78, 5) is 10.9. The molecule has 1 aliphatic heterocycles. The van der Waals surface area contributed by atoms with Gasteiger partial charge in [-0.3, -0.25) is 0 Å². The summed E-state index contributed by atoms with van der Waals surface area (Å²) in [5.41, 5.74) is 1.44. The number of hydrogen-bond acceptors (Lipinski definition) is 3. The molecule has 0 amide bonds. The van der Waals surface area contributed by atoms with E-state index < -0.39 is 0 Å². The zero-order valence-electron chi connectivity index (χ0n) is 11.0. The second kappa shape index (κ2) is 4.45. The Morgan fingerprint density at radius 1 is 1.35 bits per heavy atom. The third kappa shape index (κ3) is 2.54. The zero-order chi connectivity index (χ0) is 12.6. The quantitative estimate of drug-likeness (QED) is 0.756. The van der Waals surface area contributed by atoms with E-state index in [1.54, 1.807) is 6.33 Å². The molecule has 1 aromatic heterocycles. The van der Waals surface area contributed by atoms with Crippen LogP contribution >= 0.6 is 11.6 Å². The van der Waals surface area contributed by atoms with Crippen molar-refractivity contribution in [3.05, 3.63) is 17.0 Å². The summed E-state index contributed by atoms with van der Waals surface area (Å²) in [7, 11) is 0. The van der Waals surface area contributed by atoms with E-state index in [4.69, 9.17) is 11.6 Å². The standard InChI is InChI=1S/C13H20ClN3/c1-9(2)10-11(14)15-8-16-12(10)17-6-5-13(3,4)7-17/h8-9H,5-7H2,1-4H3. The summed E-state index contributed by atoms with van der Waals surface area (Å²) in [6.07, 6.45) is 2.76. The Morgan fingerprint density at radius 3 is 2.59 bits per heavy atom. The fourth-order valence-electron chi connectivity index (χ4n) is 2.41. The van der Waals surface area contributed by atoms with Crippen LogP contribution in [0.1, 0.15) is 45.6 Å². The molecule has 2 rings (SSSR count). The van der Waals surface area contributed by atoms with E-state index in [0.29, 0.717) is 16.5 Å².